The molecule has 0 aliphatic carbocycles. The summed E-state index contributed by atoms with van der Waals surface area (Å²) >= 11 is 0. The molecule has 1 unspecified atom stereocenters. The first kappa shape index (κ1) is 23.7. The largest absolute Gasteiger partial charge is 0.379 e. The minimum Gasteiger partial charge on any atom is -0.379 e. The van der Waals surface area contributed by atoms with Gasteiger partial charge in [0.25, 0.3) is 11.8 Å². The maximum absolute atomic E-state index is 15.1. The molecule has 3 aromatic carbocycles. The van der Waals surface area contributed by atoms with Crippen LogP contribution in [0.2, 0.25) is 0 Å². The van der Waals surface area contributed by atoms with Gasteiger partial charge < -0.3 is 9.84 Å². The second kappa shape index (κ2) is 9.02. The van der Waals surface area contributed by atoms with E-state index in [1.165, 1.54) is 0 Å². The Hall–Kier alpha value is -3.66. The number of carbonyl (C=O) groups excluding carboxylic acids is 3. The molecule has 0 spiro atoms. The highest BCUT2D eigenvalue weighted by molar-refractivity contribution is 6.28. The Bertz CT molecular complexity index is 1450. The fourth-order valence-electron chi connectivity index (χ4n) is 5.52. The lowest BCUT2D eigenvalue weighted by atomic mass is 9.95. The number of imide groups is 1. The molecule has 6 rings (SSSR count). The summed E-state index contributed by atoms with van der Waals surface area (Å²) in [7, 11) is 0. The highest BCUT2D eigenvalue weighted by Crippen LogP contribution is 2.43. The summed E-state index contributed by atoms with van der Waals surface area (Å²) in [5, 5.41) is 14.7. The van der Waals surface area contributed by atoms with E-state index in [0.29, 0.717) is 48.4 Å². The van der Waals surface area contributed by atoms with Crippen LogP contribution in [0.15, 0.2) is 48.5 Å². The number of amides is 3. The van der Waals surface area contributed by atoms with Crippen LogP contribution in [-0.2, 0) is 27.3 Å². The van der Waals surface area contributed by atoms with Crippen molar-refractivity contribution in [2.75, 3.05) is 31.2 Å². The van der Waals surface area contributed by atoms with E-state index in [-0.39, 0.29) is 18.7 Å². The van der Waals surface area contributed by atoms with E-state index >= 15 is 4.39 Å². The van der Waals surface area contributed by atoms with E-state index in [1.54, 1.807) is 36.4 Å². The van der Waals surface area contributed by atoms with E-state index in [1.807, 2.05) is 12.1 Å². The van der Waals surface area contributed by atoms with Crippen molar-refractivity contribution in [2.45, 2.75) is 31.5 Å². The summed E-state index contributed by atoms with van der Waals surface area (Å²) < 4.78 is 20.5. The Morgan fingerprint density at radius 2 is 1.81 bits per heavy atom. The number of morpholine rings is 1. The minimum absolute atomic E-state index is 0.0790. The van der Waals surface area contributed by atoms with E-state index in [0.717, 1.165) is 34.5 Å². The highest BCUT2D eigenvalue weighted by atomic mass is 19.1. The van der Waals surface area contributed by atoms with Crippen LogP contribution in [-0.4, -0.2) is 59.8 Å². The van der Waals surface area contributed by atoms with E-state index < -0.39 is 23.4 Å². The summed E-state index contributed by atoms with van der Waals surface area (Å²) in [4.78, 5) is 40.9. The molecule has 0 bridgehead atoms. The van der Waals surface area contributed by atoms with Gasteiger partial charge in [-0.2, -0.15) is 0 Å². The van der Waals surface area contributed by atoms with Crippen molar-refractivity contribution in [1.29, 1.82) is 0 Å². The maximum atomic E-state index is 15.1. The minimum atomic E-state index is -2.17. The molecule has 1 atom stereocenters. The van der Waals surface area contributed by atoms with Crippen molar-refractivity contribution in [3.63, 3.8) is 0 Å². The van der Waals surface area contributed by atoms with Gasteiger partial charge in [0.1, 0.15) is 5.82 Å². The van der Waals surface area contributed by atoms with Crippen molar-refractivity contribution >= 4 is 34.2 Å². The Morgan fingerprint density at radius 3 is 2.57 bits per heavy atom. The van der Waals surface area contributed by atoms with Gasteiger partial charge in [-0.1, -0.05) is 30.3 Å². The molecule has 3 heterocycles. The third kappa shape index (κ3) is 3.99. The lowest BCUT2D eigenvalue weighted by molar-refractivity contribution is -0.149. The first-order valence-electron chi connectivity index (χ1n) is 12.4. The topological polar surface area (TPSA) is 99.2 Å². The number of nitrogens with zero attached hydrogens (tertiary/aromatic N) is 2. The van der Waals surface area contributed by atoms with Crippen molar-refractivity contribution in [1.82, 2.24) is 10.2 Å². The third-order valence-electron chi connectivity index (χ3n) is 7.48. The van der Waals surface area contributed by atoms with Crippen molar-refractivity contribution in [2.24, 2.45) is 0 Å². The van der Waals surface area contributed by atoms with Crippen LogP contribution < -0.4 is 10.2 Å². The average molecular weight is 504 g/mol. The molecule has 37 heavy (non-hydrogen) atoms. The van der Waals surface area contributed by atoms with Crippen LogP contribution in [0, 0.1) is 5.82 Å². The molecule has 2 N–H and O–H groups in total. The summed E-state index contributed by atoms with van der Waals surface area (Å²) in [6.45, 7) is 3.69. The van der Waals surface area contributed by atoms with Crippen molar-refractivity contribution in [3.05, 3.63) is 76.6 Å². The first-order chi connectivity index (χ1) is 17.8. The molecule has 0 aromatic heterocycles. The van der Waals surface area contributed by atoms with Crippen molar-refractivity contribution in [3.8, 4) is 0 Å². The summed E-state index contributed by atoms with van der Waals surface area (Å²) in [5.41, 5.74) is 0.853. The predicted molar refractivity (Wildman–Crippen MR) is 133 cm³/mol. The quantitative estimate of drug-likeness (QED) is 0.519. The summed E-state index contributed by atoms with van der Waals surface area (Å²) in [5.74, 6) is -2.20. The summed E-state index contributed by atoms with van der Waals surface area (Å²) in [6.07, 6.45) is 0.0460. The number of carbonyl (C=O) groups is 3. The lowest BCUT2D eigenvalue weighted by Gasteiger charge is -2.38. The van der Waals surface area contributed by atoms with Gasteiger partial charge in [-0.15, -0.1) is 0 Å². The van der Waals surface area contributed by atoms with Gasteiger partial charge in [0.05, 0.1) is 18.9 Å². The molecule has 2 saturated heterocycles. The monoisotopic (exact) mass is 503 g/mol. The molecule has 0 radical (unpaired) electrons. The molecule has 8 nitrogen and oxygen atoms in total. The average Bonchev–Trinajstić information content (AvgIpc) is 3.19. The SMILES string of the molecule is O=C1CCC(O)(N2C(=O)c3cccc4c(Cc5ccc(CN6CCOCC6)cc5F)ccc2c34)C(=O)N1. The molecule has 0 saturated carbocycles. The predicted octanol–water partition coefficient (Wildman–Crippen LogP) is 2.49. The zero-order valence-corrected chi connectivity index (χ0v) is 20.1. The number of rotatable bonds is 5. The molecule has 3 aliphatic heterocycles. The number of nitrogens with one attached hydrogen (secondary N) is 1. The van der Waals surface area contributed by atoms with Gasteiger partial charge in [-0.05, 0) is 40.3 Å². The van der Waals surface area contributed by atoms with E-state index in [2.05, 4.69) is 10.2 Å². The van der Waals surface area contributed by atoms with Crippen LogP contribution in [0.4, 0.5) is 10.1 Å². The van der Waals surface area contributed by atoms with Gasteiger partial charge in [-0.3, -0.25) is 29.5 Å². The number of aliphatic hydroxyl groups is 1. The van der Waals surface area contributed by atoms with Gasteiger partial charge in [-0.25, -0.2) is 4.39 Å². The van der Waals surface area contributed by atoms with Crippen LogP contribution in [0.3, 0.4) is 0 Å². The zero-order chi connectivity index (χ0) is 25.7. The van der Waals surface area contributed by atoms with Gasteiger partial charge in [0.2, 0.25) is 11.6 Å². The lowest BCUT2D eigenvalue weighted by Crippen LogP contribution is -2.64. The second-order valence-electron chi connectivity index (χ2n) is 9.80. The number of anilines is 1. The smallest absolute Gasteiger partial charge is 0.280 e. The highest BCUT2D eigenvalue weighted by Gasteiger charge is 2.52. The van der Waals surface area contributed by atoms with Crippen LogP contribution in [0.25, 0.3) is 10.8 Å². The number of hydrogen-bond acceptors (Lipinski definition) is 6. The number of piperidine rings is 1. The maximum Gasteiger partial charge on any atom is 0.280 e. The molecular weight excluding hydrogens is 477 g/mol. The number of hydrogen-bond donors (Lipinski definition) is 2. The number of ether oxygens (including phenoxy) is 1. The third-order valence-corrected chi connectivity index (χ3v) is 7.48. The van der Waals surface area contributed by atoms with Crippen LogP contribution >= 0.6 is 0 Å². The molecule has 3 amide bonds. The van der Waals surface area contributed by atoms with Gasteiger partial charge >= 0.3 is 0 Å². The van der Waals surface area contributed by atoms with Gasteiger partial charge in [0, 0.05) is 49.8 Å². The molecule has 9 heteroatoms. The van der Waals surface area contributed by atoms with Crippen LogP contribution in [0.1, 0.15) is 39.9 Å². The van der Waals surface area contributed by atoms with Crippen LogP contribution in [0.5, 0.6) is 0 Å². The van der Waals surface area contributed by atoms with E-state index in [4.69, 9.17) is 4.74 Å². The number of benzene rings is 3. The summed E-state index contributed by atoms with van der Waals surface area (Å²) in [6, 6.07) is 14.0. The Morgan fingerprint density at radius 1 is 1.03 bits per heavy atom. The first-order valence-corrected chi connectivity index (χ1v) is 12.4. The molecule has 3 aromatic rings. The molecule has 190 valence electrons. The normalized spacial score (nSPS) is 22.1. The number of halogens is 1. The zero-order valence-electron chi connectivity index (χ0n) is 20.1. The Balaban J connectivity index is 1.32. The molecule has 2 fully saturated rings. The Labute approximate surface area is 212 Å². The Kier molecular flexibility index (Phi) is 5.78. The van der Waals surface area contributed by atoms with E-state index in [9.17, 15) is 19.5 Å². The fourth-order valence-corrected chi connectivity index (χ4v) is 5.52. The van der Waals surface area contributed by atoms with Crippen molar-refractivity contribution < 1.29 is 28.6 Å². The second-order valence-corrected chi connectivity index (χ2v) is 9.80. The molecular formula is C28H26FN3O5. The standard InChI is InChI=1S/C28H26FN3O5/c29-22-14-17(16-31-10-12-37-13-11-31)4-5-19(22)15-18-6-7-23-25-20(18)2-1-3-21(25)26(34)32(23)28(36)9-8-24(33)30-27(28)35/h1-7,14,36H,8-13,15-16H2,(H,30,33,35). The molecule has 3 aliphatic rings. The fraction of sp³-hybridized carbons (Fsp3) is 0.321. The van der Waals surface area contributed by atoms with Gasteiger partial charge in [0.15, 0.2) is 0 Å².